The zero-order chi connectivity index (χ0) is 19.8. The highest BCUT2D eigenvalue weighted by Crippen LogP contribution is 2.41. The van der Waals surface area contributed by atoms with Gasteiger partial charge in [-0.1, -0.05) is 31.5 Å². The molecule has 0 aromatic heterocycles. The van der Waals surface area contributed by atoms with Crippen molar-refractivity contribution in [2.45, 2.75) is 58.0 Å². The summed E-state index contributed by atoms with van der Waals surface area (Å²) in [6.07, 6.45) is 1.34. The second kappa shape index (κ2) is 7.90. The third-order valence-corrected chi connectivity index (χ3v) is 5.96. The molecule has 0 radical (unpaired) electrons. The summed E-state index contributed by atoms with van der Waals surface area (Å²) >= 11 is 6.20. The Hall–Kier alpha value is -1.43. The van der Waals surface area contributed by atoms with Gasteiger partial charge in [-0.2, -0.15) is 0 Å². The maximum atomic E-state index is 13.2. The highest BCUT2D eigenvalue weighted by atomic mass is 35.5. The number of nitrogens with one attached hydrogen (secondary N) is 1. The Kier molecular flexibility index (Phi) is 5.94. The zero-order valence-electron chi connectivity index (χ0n) is 16.7. The first-order valence-electron chi connectivity index (χ1n) is 9.74. The van der Waals surface area contributed by atoms with E-state index in [0.717, 1.165) is 25.2 Å². The molecule has 148 valence electrons. The van der Waals surface area contributed by atoms with Crippen molar-refractivity contribution in [2.75, 3.05) is 31.1 Å². The third kappa shape index (κ3) is 4.53. The highest BCUT2D eigenvalue weighted by molar-refractivity contribution is 6.31. The summed E-state index contributed by atoms with van der Waals surface area (Å²) in [4.78, 5) is 28.7. The fourth-order valence-electron chi connectivity index (χ4n) is 4.23. The number of halogens is 1. The van der Waals surface area contributed by atoms with Crippen LogP contribution in [-0.4, -0.2) is 54.9 Å². The van der Waals surface area contributed by atoms with E-state index in [2.05, 4.69) is 31.0 Å². The molecule has 1 N–H and O–H groups in total. The van der Waals surface area contributed by atoms with E-state index < -0.39 is 0 Å². The van der Waals surface area contributed by atoms with Gasteiger partial charge in [0.05, 0.1) is 6.54 Å². The molecule has 1 aromatic rings. The molecule has 1 saturated heterocycles. The number of Topliss-reactive ketones (excluding diaryl/α,β-unsaturated/α-hetero) is 1. The van der Waals surface area contributed by atoms with Crippen molar-refractivity contribution in [3.8, 4) is 0 Å². The number of piperazine rings is 1. The summed E-state index contributed by atoms with van der Waals surface area (Å²) < 4.78 is 0. The number of ketones is 1. The van der Waals surface area contributed by atoms with E-state index in [0.29, 0.717) is 30.6 Å². The normalized spacial score (nSPS) is 24.7. The van der Waals surface area contributed by atoms with Crippen LogP contribution in [0.2, 0.25) is 5.02 Å². The van der Waals surface area contributed by atoms with E-state index in [-0.39, 0.29) is 23.1 Å². The summed E-state index contributed by atoms with van der Waals surface area (Å²) in [7, 11) is 0. The van der Waals surface area contributed by atoms with Crippen LogP contribution in [0.25, 0.3) is 0 Å². The molecule has 2 aliphatic heterocycles. The molecule has 1 fully saturated rings. The van der Waals surface area contributed by atoms with Gasteiger partial charge in [0.1, 0.15) is 5.78 Å². The monoisotopic (exact) mass is 391 g/mol. The molecular formula is C21H30ClN3O2. The van der Waals surface area contributed by atoms with Crippen LogP contribution < -0.4 is 10.2 Å². The van der Waals surface area contributed by atoms with Crippen molar-refractivity contribution in [3.63, 3.8) is 0 Å². The maximum absolute atomic E-state index is 13.2. The van der Waals surface area contributed by atoms with Crippen LogP contribution in [0.3, 0.4) is 0 Å². The fraction of sp³-hybridized carbons (Fsp3) is 0.619. The molecule has 2 heterocycles. The van der Waals surface area contributed by atoms with Gasteiger partial charge in [0, 0.05) is 54.3 Å². The van der Waals surface area contributed by atoms with Crippen molar-refractivity contribution in [3.05, 3.63) is 28.8 Å². The van der Waals surface area contributed by atoms with Gasteiger partial charge in [-0.15, -0.1) is 0 Å². The van der Waals surface area contributed by atoms with Crippen LogP contribution in [0, 0.1) is 0 Å². The molecule has 0 saturated carbocycles. The number of nitrogens with zero attached hydrogens (tertiary/aromatic N) is 2. The second-order valence-electron chi connectivity index (χ2n) is 8.66. The standard InChI is InChI=1S/C21H30ClN3O2/c1-14-11-24(17(10-23-14)7-5-15(2)26)12-20(27)25-13-21(3,4)18-8-6-16(22)9-19(18)25/h6,8-9,14,17,23H,5,7,10-13H2,1-4H3/t14-,17+/m1/s1. The first kappa shape index (κ1) is 20.3. The van der Waals surface area contributed by atoms with Gasteiger partial charge >= 0.3 is 0 Å². The third-order valence-electron chi connectivity index (χ3n) is 5.73. The van der Waals surface area contributed by atoms with Gasteiger partial charge in [-0.3, -0.25) is 9.69 Å². The first-order valence-corrected chi connectivity index (χ1v) is 10.1. The van der Waals surface area contributed by atoms with Crippen LogP contribution in [-0.2, 0) is 15.0 Å². The van der Waals surface area contributed by atoms with Crippen molar-refractivity contribution in [1.82, 2.24) is 10.2 Å². The lowest BCUT2D eigenvalue weighted by Crippen LogP contribution is -2.58. The van der Waals surface area contributed by atoms with E-state index in [4.69, 9.17) is 11.6 Å². The molecule has 6 heteroatoms. The molecule has 0 unspecified atom stereocenters. The van der Waals surface area contributed by atoms with Crippen molar-refractivity contribution in [1.29, 1.82) is 0 Å². The minimum absolute atomic E-state index is 0.0830. The Morgan fingerprint density at radius 3 is 2.78 bits per heavy atom. The molecule has 5 nitrogen and oxygen atoms in total. The Morgan fingerprint density at radius 2 is 2.07 bits per heavy atom. The quantitative estimate of drug-likeness (QED) is 0.838. The summed E-state index contributed by atoms with van der Waals surface area (Å²) in [5, 5.41) is 4.12. The van der Waals surface area contributed by atoms with E-state index in [9.17, 15) is 9.59 Å². The number of carbonyl (C=O) groups excluding carboxylic acids is 2. The summed E-state index contributed by atoms with van der Waals surface area (Å²) in [6.45, 7) is 10.8. The molecule has 2 aliphatic rings. The number of anilines is 1. The SMILES string of the molecule is CC(=O)CC[C@H]1CN[C@H](C)CN1CC(=O)N1CC(C)(C)c2ccc(Cl)cc21. The Morgan fingerprint density at radius 1 is 1.33 bits per heavy atom. The molecule has 0 aliphatic carbocycles. The molecule has 27 heavy (non-hydrogen) atoms. The largest absolute Gasteiger partial charge is 0.311 e. The predicted molar refractivity (Wildman–Crippen MR) is 110 cm³/mol. The summed E-state index contributed by atoms with van der Waals surface area (Å²) in [6, 6.07) is 6.38. The summed E-state index contributed by atoms with van der Waals surface area (Å²) in [5.74, 6) is 0.302. The van der Waals surface area contributed by atoms with E-state index in [1.54, 1.807) is 6.92 Å². The molecule has 0 spiro atoms. The first-order chi connectivity index (χ1) is 12.7. The van der Waals surface area contributed by atoms with Crippen LogP contribution in [0.5, 0.6) is 0 Å². The number of benzene rings is 1. The number of fused-ring (bicyclic) bond motifs is 1. The van der Waals surface area contributed by atoms with Gasteiger partial charge in [-0.05, 0) is 38.0 Å². The lowest BCUT2D eigenvalue weighted by atomic mass is 9.87. The molecule has 1 aromatic carbocycles. The maximum Gasteiger partial charge on any atom is 0.241 e. The van der Waals surface area contributed by atoms with Crippen LogP contribution in [0.1, 0.15) is 46.1 Å². The van der Waals surface area contributed by atoms with Crippen molar-refractivity contribution >= 4 is 29.0 Å². The van der Waals surface area contributed by atoms with Gasteiger partial charge in [0.25, 0.3) is 0 Å². The predicted octanol–water partition coefficient (Wildman–Crippen LogP) is 3.00. The van der Waals surface area contributed by atoms with Crippen molar-refractivity contribution < 1.29 is 9.59 Å². The zero-order valence-corrected chi connectivity index (χ0v) is 17.5. The smallest absolute Gasteiger partial charge is 0.241 e. The van der Waals surface area contributed by atoms with Crippen LogP contribution >= 0.6 is 11.6 Å². The van der Waals surface area contributed by atoms with Gasteiger partial charge in [0.15, 0.2) is 0 Å². The number of hydrogen-bond acceptors (Lipinski definition) is 4. The molecule has 3 rings (SSSR count). The van der Waals surface area contributed by atoms with Crippen LogP contribution in [0.15, 0.2) is 18.2 Å². The van der Waals surface area contributed by atoms with E-state index in [1.165, 1.54) is 5.56 Å². The fourth-order valence-corrected chi connectivity index (χ4v) is 4.39. The Bertz CT molecular complexity index is 734. The van der Waals surface area contributed by atoms with Gasteiger partial charge in [0.2, 0.25) is 5.91 Å². The number of amides is 1. The van der Waals surface area contributed by atoms with Crippen molar-refractivity contribution in [2.24, 2.45) is 0 Å². The van der Waals surface area contributed by atoms with E-state index in [1.807, 2.05) is 23.1 Å². The highest BCUT2D eigenvalue weighted by Gasteiger charge is 2.39. The Labute approximate surface area is 167 Å². The summed E-state index contributed by atoms with van der Waals surface area (Å²) in [5.41, 5.74) is 2.02. The van der Waals surface area contributed by atoms with Gasteiger partial charge in [-0.25, -0.2) is 0 Å². The minimum atomic E-state index is -0.0830. The molecular weight excluding hydrogens is 362 g/mol. The lowest BCUT2D eigenvalue weighted by Gasteiger charge is -2.39. The topological polar surface area (TPSA) is 52.7 Å². The number of carbonyl (C=O) groups is 2. The molecule has 1 amide bonds. The lowest BCUT2D eigenvalue weighted by molar-refractivity contribution is -0.120. The molecule has 2 atom stereocenters. The average Bonchev–Trinajstić information content (AvgIpc) is 2.84. The minimum Gasteiger partial charge on any atom is -0.311 e. The van der Waals surface area contributed by atoms with Crippen LogP contribution in [0.4, 0.5) is 5.69 Å². The molecule has 0 bridgehead atoms. The number of rotatable bonds is 5. The number of hydrogen-bond donors (Lipinski definition) is 1. The second-order valence-corrected chi connectivity index (χ2v) is 9.09. The Balaban J connectivity index is 1.75. The average molecular weight is 392 g/mol. The van der Waals surface area contributed by atoms with Gasteiger partial charge < -0.3 is 15.0 Å². The van der Waals surface area contributed by atoms with E-state index >= 15 is 0 Å².